The zero-order chi connectivity index (χ0) is 14.9. The number of hydrogen-bond acceptors (Lipinski definition) is 2. The summed E-state index contributed by atoms with van der Waals surface area (Å²) in [6.45, 7) is 3.98. The summed E-state index contributed by atoms with van der Waals surface area (Å²) in [7, 11) is 0. The van der Waals surface area contributed by atoms with Crippen LogP contribution < -0.4 is 5.32 Å². The molecule has 0 aliphatic heterocycles. The van der Waals surface area contributed by atoms with E-state index >= 15 is 0 Å². The van der Waals surface area contributed by atoms with Gasteiger partial charge in [-0.15, -0.1) is 0 Å². The van der Waals surface area contributed by atoms with Gasteiger partial charge in [0.15, 0.2) is 0 Å². The summed E-state index contributed by atoms with van der Waals surface area (Å²) in [5.41, 5.74) is 3.43. The van der Waals surface area contributed by atoms with Gasteiger partial charge in [0, 0.05) is 11.3 Å². The highest BCUT2D eigenvalue weighted by Crippen LogP contribution is 2.35. The van der Waals surface area contributed by atoms with Gasteiger partial charge in [0.1, 0.15) is 5.75 Å². The van der Waals surface area contributed by atoms with Gasteiger partial charge in [-0.3, -0.25) is 4.79 Å². The lowest BCUT2D eigenvalue weighted by atomic mass is 10.1. The Bertz CT molecular complexity index is 661. The highest BCUT2D eigenvalue weighted by Gasteiger charge is 2.10. The second-order valence-electron chi connectivity index (χ2n) is 4.54. The lowest BCUT2D eigenvalue weighted by molar-refractivity contribution is 0.102. The van der Waals surface area contributed by atoms with Crippen molar-refractivity contribution in [3.8, 4) is 5.75 Å². The van der Waals surface area contributed by atoms with Crippen LogP contribution in [0.1, 0.15) is 21.5 Å². The summed E-state index contributed by atoms with van der Waals surface area (Å²) in [6, 6.07) is 8.88. The Kier molecular flexibility index (Phi) is 4.50. The molecule has 5 heteroatoms. The Balaban J connectivity index is 2.25. The average Bonchev–Trinajstić information content (AvgIpc) is 2.39. The van der Waals surface area contributed by atoms with Gasteiger partial charge in [-0.1, -0.05) is 6.07 Å². The standard InChI is InChI=1S/C15H13Br2NO2/c1-8-3-4-10(5-9(8)2)15(20)18-11-6-12(16)14(19)13(17)7-11/h3-7,19H,1-2H3,(H,18,20). The van der Waals surface area contributed by atoms with Crippen molar-refractivity contribution in [1.29, 1.82) is 0 Å². The molecule has 20 heavy (non-hydrogen) atoms. The van der Waals surface area contributed by atoms with Crippen LogP contribution in [0, 0.1) is 13.8 Å². The number of aryl methyl sites for hydroxylation is 2. The minimum Gasteiger partial charge on any atom is -0.506 e. The Labute approximate surface area is 134 Å². The second kappa shape index (κ2) is 5.97. The fourth-order valence-electron chi connectivity index (χ4n) is 1.72. The molecule has 1 amide bonds. The molecule has 2 aromatic rings. The molecule has 0 unspecified atom stereocenters. The zero-order valence-corrected chi connectivity index (χ0v) is 14.2. The van der Waals surface area contributed by atoms with Gasteiger partial charge in [-0.2, -0.15) is 0 Å². The smallest absolute Gasteiger partial charge is 0.255 e. The first-order valence-electron chi connectivity index (χ1n) is 5.95. The molecule has 0 fully saturated rings. The largest absolute Gasteiger partial charge is 0.506 e. The number of benzene rings is 2. The van der Waals surface area contributed by atoms with Gasteiger partial charge in [-0.25, -0.2) is 0 Å². The maximum atomic E-state index is 12.2. The molecular formula is C15H13Br2NO2. The van der Waals surface area contributed by atoms with Crippen LogP contribution in [0.15, 0.2) is 39.3 Å². The summed E-state index contributed by atoms with van der Waals surface area (Å²) in [5.74, 6) is -0.0771. The van der Waals surface area contributed by atoms with Crippen molar-refractivity contribution < 1.29 is 9.90 Å². The molecule has 0 heterocycles. The van der Waals surface area contributed by atoms with Crippen LogP contribution in [-0.4, -0.2) is 11.0 Å². The van der Waals surface area contributed by atoms with E-state index < -0.39 is 0 Å². The van der Waals surface area contributed by atoms with Gasteiger partial charge >= 0.3 is 0 Å². The highest BCUT2D eigenvalue weighted by molar-refractivity contribution is 9.11. The van der Waals surface area contributed by atoms with Crippen LogP contribution in [0.3, 0.4) is 0 Å². The Hall–Kier alpha value is -1.33. The van der Waals surface area contributed by atoms with Crippen molar-refractivity contribution >= 4 is 43.5 Å². The topological polar surface area (TPSA) is 49.3 Å². The van der Waals surface area contributed by atoms with E-state index in [1.54, 1.807) is 18.2 Å². The minimum absolute atomic E-state index is 0.106. The number of halogens is 2. The number of phenolic OH excluding ortho intramolecular Hbond substituents is 1. The first kappa shape index (κ1) is 15.1. The minimum atomic E-state index is -0.183. The third kappa shape index (κ3) is 3.22. The molecule has 0 bridgehead atoms. The number of rotatable bonds is 2. The number of carbonyl (C=O) groups is 1. The van der Waals surface area contributed by atoms with Gasteiger partial charge in [0.2, 0.25) is 0 Å². The SMILES string of the molecule is Cc1ccc(C(=O)Nc2cc(Br)c(O)c(Br)c2)cc1C. The second-order valence-corrected chi connectivity index (χ2v) is 6.25. The average molecular weight is 399 g/mol. The molecule has 2 aromatic carbocycles. The fraction of sp³-hybridized carbons (Fsp3) is 0.133. The normalized spacial score (nSPS) is 10.4. The molecule has 0 aliphatic rings. The Morgan fingerprint density at radius 1 is 1.05 bits per heavy atom. The summed E-state index contributed by atoms with van der Waals surface area (Å²) in [5, 5.41) is 12.4. The molecule has 104 valence electrons. The number of phenols is 1. The van der Waals surface area contributed by atoms with E-state index in [1.165, 1.54) is 0 Å². The lowest BCUT2D eigenvalue weighted by Gasteiger charge is -2.09. The quantitative estimate of drug-likeness (QED) is 0.714. The van der Waals surface area contributed by atoms with Crippen LogP contribution in [0.4, 0.5) is 5.69 Å². The third-order valence-corrected chi connectivity index (χ3v) is 4.25. The maximum Gasteiger partial charge on any atom is 0.255 e. The number of hydrogen-bond donors (Lipinski definition) is 2. The van der Waals surface area contributed by atoms with E-state index in [0.29, 0.717) is 20.2 Å². The number of carbonyl (C=O) groups excluding carboxylic acids is 1. The van der Waals surface area contributed by atoms with E-state index in [1.807, 2.05) is 26.0 Å². The summed E-state index contributed by atoms with van der Waals surface area (Å²) >= 11 is 6.47. The molecule has 0 aromatic heterocycles. The molecule has 0 atom stereocenters. The van der Waals surface area contributed by atoms with Crippen LogP contribution in [0.25, 0.3) is 0 Å². The first-order valence-corrected chi connectivity index (χ1v) is 7.53. The molecule has 3 nitrogen and oxygen atoms in total. The van der Waals surface area contributed by atoms with Crippen molar-refractivity contribution in [2.24, 2.45) is 0 Å². The Morgan fingerprint density at radius 3 is 2.20 bits per heavy atom. The van der Waals surface area contributed by atoms with Crippen LogP contribution >= 0.6 is 31.9 Å². The number of amides is 1. The van der Waals surface area contributed by atoms with Crippen molar-refractivity contribution in [2.45, 2.75) is 13.8 Å². The van der Waals surface area contributed by atoms with Gasteiger partial charge < -0.3 is 10.4 Å². The van der Waals surface area contributed by atoms with Crippen molar-refractivity contribution in [2.75, 3.05) is 5.32 Å². The Morgan fingerprint density at radius 2 is 1.65 bits per heavy atom. The molecule has 0 aliphatic carbocycles. The van der Waals surface area contributed by atoms with Crippen LogP contribution in [0.5, 0.6) is 5.75 Å². The third-order valence-electron chi connectivity index (χ3n) is 3.04. The van der Waals surface area contributed by atoms with E-state index in [2.05, 4.69) is 37.2 Å². The lowest BCUT2D eigenvalue weighted by Crippen LogP contribution is -2.12. The fourth-order valence-corrected chi connectivity index (χ4v) is 2.91. The van der Waals surface area contributed by atoms with Gasteiger partial charge in [0.25, 0.3) is 5.91 Å². The number of nitrogens with one attached hydrogen (secondary N) is 1. The molecular weight excluding hydrogens is 386 g/mol. The first-order chi connectivity index (χ1) is 9.38. The van der Waals surface area contributed by atoms with E-state index in [0.717, 1.165) is 11.1 Å². The molecule has 2 rings (SSSR count). The van der Waals surface area contributed by atoms with Gasteiger partial charge in [0.05, 0.1) is 8.95 Å². The predicted octanol–water partition coefficient (Wildman–Crippen LogP) is 4.79. The molecule has 0 radical (unpaired) electrons. The van der Waals surface area contributed by atoms with Crippen molar-refractivity contribution in [3.05, 3.63) is 56.0 Å². The van der Waals surface area contributed by atoms with Crippen LogP contribution in [0.2, 0.25) is 0 Å². The van der Waals surface area contributed by atoms with E-state index in [-0.39, 0.29) is 11.7 Å². The predicted molar refractivity (Wildman–Crippen MR) is 87.4 cm³/mol. The van der Waals surface area contributed by atoms with E-state index in [4.69, 9.17) is 0 Å². The van der Waals surface area contributed by atoms with Crippen LogP contribution in [-0.2, 0) is 0 Å². The van der Waals surface area contributed by atoms with Crippen molar-refractivity contribution in [3.63, 3.8) is 0 Å². The molecule has 2 N–H and O–H groups in total. The van der Waals surface area contributed by atoms with Crippen molar-refractivity contribution in [1.82, 2.24) is 0 Å². The maximum absolute atomic E-state index is 12.2. The summed E-state index contributed by atoms with van der Waals surface area (Å²) in [6.07, 6.45) is 0. The van der Waals surface area contributed by atoms with E-state index in [9.17, 15) is 9.90 Å². The highest BCUT2D eigenvalue weighted by atomic mass is 79.9. The summed E-state index contributed by atoms with van der Waals surface area (Å²) < 4.78 is 1.03. The molecule has 0 saturated carbocycles. The number of anilines is 1. The monoisotopic (exact) mass is 397 g/mol. The number of aromatic hydroxyl groups is 1. The van der Waals surface area contributed by atoms with Gasteiger partial charge in [-0.05, 0) is 81.1 Å². The zero-order valence-electron chi connectivity index (χ0n) is 11.0. The molecule has 0 saturated heterocycles. The molecule has 0 spiro atoms. The summed E-state index contributed by atoms with van der Waals surface area (Å²) in [4.78, 5) is 12.2.